The average molecular weight is 377 g/mol. The summed E-state index contributed by atoms with van der Waals surface area (Å²) in [5.74, 6) is -0.118. The number of aliphatic hydroxyl groups is 1. The second-order valence-electron chi connectivity index (χ2n) is 7.37. The Balaban J connectivity index is 1.81. The predicted octanol–water partition coefficient (Wildman–Crippen LogP) is 2.57. The third kappa shape index (κ3) is 3.92. The van der Waals surface area contributed by atoms with Crippen molar-refractivity contribution in [1.29, 1.82) is 0 Å². The molecular formula is C19H25ClN4O2. The minimum absolute atomic E-state index is 0.118. The van der Waals surface area contributed by atoms with Crippen LogP contribution in [0.2, 0.25) is 5.02 Å². The highest BCUT2D eigenvalue weighted by atomic mass is 35.5. The number of hydrogen-bond acceptors (Lipinski definition) is 4. The lowest BCUT2D eigenvalue weighted by atomic mass is 9.92. The molecule has 1 aliphatic heterocycles. The normalized spacial score (nSPS) is 20.6. The number of carbonyl (C=O) groups is 1. The molecule has 0 spiro atoms. The number of nitrogens with one attached hydrogen (secondary N) is 1. The van der Waals surface area contributed by atoms with Crippen molar-refractivity contribution in [1.82, 2.24) is 20.0 Å². The second kappa shape index (κ2) is 7.39. The number of H-pyrrole nitrogens is 1. The van der Waals surface area contributed by atoms with Crippen LogP contribution in [-0.2, 0) is 0 Å². The van der Waals surface area contributed by atoms with Crippen LogP contribution < -0.4 is 0 Å². The maximum atomic E-state index is 13.0. The number of nitrogens with zero attached hydrogens (tertiary/aromatic N) is 3. The predicted molar refractivity (Wildman–Crippen MR) is 102 cm³/mol. The van der Waals surface area contributed by atoms with Gasteiger partial charge >= 0.3 is 0 Å². The number of hydrogen-bond donors (Lipinski definition) is 2. The Morgan fingerprint density at radius 1 is 1.38 bits per heavy atom. The number of benzene rings is 1. The summed E-state index contributed by atoms with van der Waals surface area (Å²) < 4.78 is 0. The highest BCUT2D eigenvalue weighted by Crippen LogP contribution is 2.27. The minimum Gasteiger partial charge on any atom is -0.387 e. The van der Waals surface area contributed by atoms with Crippen molar-refractivity contribution >= 4 is 17.5 Å². The number of amides is 1. The molecule has 0 saturated carbocycles. The highest BCUT2D eigenvalue weighted by molar-refractivity contribution is 6.30. The topological polar surface area (TPSA) is 72.5 Å². The number of aromatic amines is 1. The molecule has 1 fully saturated rings. The molecule has 2 aromatic rings. The summed E-state index contributed by atoms with van der Waals surface area (Å²) >= 11 is 5.94. The van der Waals surface area contributed by atoms with Gasteiger partial charge in [0, 0.05) is 29.2 Å². The number of likely N-dealkylation sites (tertiary alicyclic amines) is 1. The van der Waals surface area contributed by atoms with E-state index in [9.17, 15) is 9.90 Å². The number of halogens is 1. The number of likely N-dealkylation sites (N-methyl/N-ethyl adjacent to an activating group) is 1. The van der Waals surface area contributed by atoms with E-state index in [-0.39, 0.29) is 5.91 Å². The molecule has 0 bridgehead atoms. The van der Waals surface area contributed by atoms with Gasteiger partial charge in [-0.05, 0) is 46.0 Å². The van der Waals surface area contributed by atoms with Crippen LogP contribution in [0.15, 0.2) is 24.3 Å². The standard InChI is InChI=1S/C19H25ClN4O2/c1-13-16(14-5-7-15(20)8-6-14)21-22-17(13)18(25)24-10-4-9-19(26,12-24)11-23(2)3/h5-8,26H,4,9-12H2,1-3H3,(H,21,22). The lowest BCUT2D eigenvalue weighted by Gasteiger charge is -2.40. The van der Waals surface area contributed by atoms with Gasteiger partial charge in [-0.2, -0.15) is 5.10 Å². The Hall–Kier alpha value is -1.89. The molecule has 3 rings (SSSR count). The first-order valence-electron chi connectivity index (χ1n) is 8.76. The molecule has 6 nitrogen and oxygen atoms in total. The number of rotatable bonds is 4. The molecule has 1 amide bonds. The van der Waals surface area contributed by atoms with Gasteiger partial charge in [0.1, 0.15) is 5.69 Å². The van der Waals surface area contributed by atoms with Crippen LogP contribution in [0.25, 0.3) is 11.3 Å². The Morgan fingerprint density at radius 3 is 2.73 bits per heavy atom. The third-order valence-corrected chi connectivity index (χ3v) is 5.05. The van der Waals surface area contributed by atoms with Gasteiger partial charge < -0.3 is 14.9 Å². The van der Waals surface area contributed by atoms with Crippen molar-refractivity contribution in [3.8, 4) is 11.3 Å². The Kier molecular flexibility index (Phi) is 5.37. The zero-order valence-corrected chi connectivity index (χ0v) is 16.2. The van der Waals surface area contributed by atoms with Crippen LogP contribution in [0.4, 0.5) is 0 Å². The molecular weight excluding hydrogens is 352 g/mol. The van der Waals surface area contributed by atoms with Crippen LogP contribution >= 0.6 is 11.6 Å². The van der Waals surface area contributed by atoms with Gasteiger partial charge in [0.25, 0.3) is 5.91 Å². The molecule has 140 valence electrons. The largest absolute Gasteiger partial charge is 0.387 e. The Morgan fingerprint density at radius 2 is 2.08 bits per heavy atom. The van der Waals surface area contributed by atoms with E-state index in [2.05, 4.69) is 10.2 Å². The van der Waals surface area contributed by atoms with E-state index in [0.717, 1.165) is 23.2 Å². The van der Waals surface area contributed by atoms with E-state index in [4.69, 9.17) is 11.6 Å². The van der Waals surface area contributed by atoms with Crippen LogP contribution in [0.1, 0.15) is 28.9 Å². The molecule has 1 aromatic heterocycles. The number of aromatic nitrogens is 2. The van der Waals surface area contributed by atoms with Gasteiger partial charge in [-0.1, -0.05) is 23.7 Å². The smallest absolute Gasteiger partial charge is 0.272 e. The Bertz CT molecular complexity index is 787. The van der Waals surface area contributed by atoms with Crippen LogP contribution in [0, 0.1) is 6.92 Å². The van der Waals surface area contributed by atoms with E-state index in [1.807, 2.05) is 38.1 Å². The van der Waals surface area contributed by atoms with Crippen molar-refractivity contribution < 1.29 is 9.90 Å². The zero-order valence-electron chi connectivity index (χ0n) is 15.4. The molecule has 1 aliphatic rings. The minimum atomic E-state index is -0.871. The molecule has 1 aromatic carbocycles. The Labute approximate surface area is 158 Å². The lowest BCUT2D eigenvalue weighted by molar-refractivity contribution is -0.0393. The summed E-state index contributed by atoms with van der Waals surface area (Å²) in [7, 11) is 3.85. The van der Waals surface area contributed by atoms with Crippen molar-refractivity contribution in [3.05, 3.63) is 40.5 Å². The van der Waals surface area contributed by atoms with Crippen LogP contribution in [-0.4, -0.2) is 70.3 Å². The quantitative estimate of drug-likeness (QED) is 0.860. The van der Waals surface area contributed by atoms with E-state index >= 15 is 0 Å². The molecule has 2 heterocycles. The maximum absolute atomic E-state index is 13.0. The van der Waals surface area contributed by atoms with E-state index in [0.29, 0.717) is 36.8 Å². The van der Waals surface area contributed by atoms with Crippen molar-refractivity contribution in [2.24, 2.45) is 0 Å². The fraction of sp³-hybridized carbons (Fsp3) is 0.474. The van der Waals surface area contributed by atoms with Gasteiger partial charge in [-0.15, -0.1) is 0 Å². The number of piperidine rings is 1. The SMILES string of the molecule is Cc1c(-c2ccc(Cl)cc2)n[nH]c1C(=O)N1CCCC(O)(CN(C)C)C1. The molecule has 1 saturated heterocycles. The fourth-order valence-corrected chi connectivity index (χ4v) is 3.78. The van der Waals surface area contributed by atoms with Gasteiger partial charge in [-0.3, -0.25) is 9.89 Å². The van der Waals surface area contributed by atoms with Gasteiger partial charge in [0.2, 0.25) is 0 Å². The van der Waals surface area contributed by atoms with Crippen LogP contribution in [0.5, 0.6) is 0 Å². The molecule has 7 heteroatoms. The molecule has 2 N–H and O–H groups in total. The summed E-state index contributed by atoms with van der Waals surface area (Å²) in [6.07, 6.45) is 1.49. The summed E-state index contributed by atoms with van der Waals surface area (Å²) in [5, 5.41) is 18.7. The number of carbonyl (C=O) groups excluding carboxylic acids is 1. The van der Waals surface area contributed by atoms with Crippen molar-refractivity contribution in [2.45, 2.75) is 25.4 Å². The summed E-state index contributed by atoms with van der Waals surface area (Å²) in [6, 6.07) is 7.38. The molecule has 1 atom stereocenters. The van der Waals surface area contributed by atoms with E-state index in [1.54, 1.807) is 17.0 Å². The molecule has 0 radical (unpaired) electrons. The molecule has 1 unspecified atom stereocenters. The monoisotopic (exact) mass is 376 g/mol. The second-order valence-corrected chi connectivity index (χ2v) is 7.81. The first-order chi connectivity index (χ1) is 12.3. The fourth-order valence-electron chi connectivity index (χ4n) is 3.66. The van der Waals surface area contributed by atoms with Gasteiger partial charge in [-0.25, -0.2) is 0 Å². The first-order valence-corrected chi connectivity index (χ1v) is 9.14. The average Bonchev–Trinajstić information content (AvgIpc) is 2.95. The molecule has 0 aliphatic carbocycles. The summed E-state index contributed by atoms with van der Waals surface area (Å²) in [5.41, 5.74) is 2.06. The first kappa shape index (κ1) is 18.9. The molecule has 26 heavy (non-hydrogen) atoms. The highest BCUT2D eigenvalue weighted by Gasteiger charge is 2.36. The summed E-state index contributed by atoms with van der Waals surface area (Å²) in [6.45, 7) is 3.40. The lowest BCUT2D eigenvalue weighted by Crippen LogP contribution is -2.54. The van der Waals surface area contributed by atoms with E-state index < -0.39 is 5.60 Å². The van der Waals surface area contributed by atoms with Crippen LogP contribution in [0.3, 0.4) is 0 Å². The van der Waals surface area contributed by atoms with E-state index in [1.165, 1.54) is 0 Å². The summed E-state index contributed by atoms with van der Waals surface area (Å²) in [4.78, 5) is 16.7. The maximum Gasteiger partial charge on any atom is 0.272 e. The zero-order chi connectivity index (χ0) is 18.9. The third-order valence-electron chi connectivity index (χ3n) is 4.79. The van der Waals surface area contributed by atoms with Gasteiger partial charge in [0.05, 0.1) is 17.8 Å². The van der Waals surface area contributed by atoms with Crippen molar-refractivity contribution in [3.63, 3.8) is 0 Å². The number of β-amino-alcohol motifs (C(OH)–C–C–N with tert-alkyl or cyclic N) is 1. The van der Waals surface area contributed by atoms with Crippen molar-refractivity contribution in [2.75, 3.05) is 33.7 Å². The van der Waals surface area contributed by atoms with Gasteiger partial charge in [0.15, 0.2) is 0 Å².